The third kappa shape index (κ3) is 3.25. The highest BCUT2D eigenvalue weighted by Crippen LogP contribution is 2.46. The van der Waals surface area contributed by atoms with Gasteiger partial charge in [-0.25, -0.2) is 0 Å². The molecule has 3 fully saturated rings. The molecule has 3 unspecified atom stereocenters. The van der Waals surface area contributed by atoms with E-state index in [1.165, 1.54) is 25.7 Å². The van der Waals surface area contributed by atoms with E-state index in [4.69, 9.17) is 4.74 Å². The number of non-ortho nitro benzene ring substituents is 1. The standard InChI is InChI=1S/C19H27N3O3/c1-25-13-16-12-17(22(23)24)4-5-18(16)20-6-8-21(9-7-20)19-11-14-2-3-15(19)10-14/h4-5,12,14-15,19H,2-3,6-11,13H2,1H3. The normalized spacial score (nSPS) is 29.3. The second-order valence-corrected chi connectivity index (χ2v) is 7.77. The predicted octanol–water partition coefficient (Wildman–Crippen LogP) is 3.05. The highest BCUT2D eigenvalue weighted by molar-refractivity contribution is 5.58. The van der Waals surface area contributed by atoms with Crippen molar-refractivity contribution < 1.29 is 9.66 Å². The number of nitro groups is 1. The van der Waals surface area contributed by atoms with E-state index in [2.05, 4.69) is 9.80 Å². The fourth-order valence-electron chi connectivity index (χ4n) is 5.22. The predicted molar refractivity (Wildman–Crippen MR) is 96.8 cm³/mol. The Labute approximate surface area is 148 Å². The number of methoxy groups -OCH3 is 1. The van der Waals surface area contributed by atoms with Crippen LogP contribution < -0.4 is 4.90 Å². The van der Waals surface area contributed by atoms with Crippen LogP contribution in [0.15, 0.2) is 18.2 Å². The van der Waals surface area contributed by atoms with Gasteiger partial charge in [0.05, 0.1) is 11.5 Å². The summed E-state index contributed by atoms with van der Waals surface area (Å²) < 4.78 is 5.27. The Morgan fingerprint density at radius 2 is 2.00 bits per heavy atom. The Morgan fingerprint density at radius 1 is 1.20 bits per heavy atom. The molecule has 2 bridgehead atoms. The van der Waals surface area contributed by atoms with Gasteiger partial charge in [-0.2, -0.15) is 0 Å². The number of nitrogens with zero attached hydrogens (tertiary/aromatic N) is 3. The molecule has 136 valence electrons. The van der Waals surface area contributed by atoms with Crippen molar-refractivity contribution in [3.63, 3.8) is 0 Å². The number of hydrogen-bond acceptors (Lipinski definition) is 5. The second kappa shape index (κ2) is 6.92. The first kappa shape index (κ1) is 16.8. The van der Waals surface area contributed by atoms with Gasteiger partial charge in [0.2, 0.25) is 0 Å². The first-order valence-corrected chi connectivity index (χ1v) is 9.41. The summed E-state index contributed by atoms with van der Waals surface area (Å²) in [6.07, 6.45) is 5.72. The molecule has 3 atom stereocenters. The molecule has 3 aliphatic rings. The zero-order chi connectivity index (χ0) is 17.4. The number of anilines is 1. The lowest BCUT2D eigenvalue weighted by Gasteiger charge is -2.42. The number of rotatable bonds is 5. The van der Waals surface area contributed by atoms with Gasteiger partial charge in [-0.1, -0.05) is 6.42 Å². The van der Waals surface area contributed by atoms with Crippen LogP contribution in [-0.4, -0.2) is 49.2 Å². The Balaban J connectivity index is 1.44. The van der Waals surface area contributed by atoms with Crippen molar-refractivity contribution in [2.45, 2.75) is 38.3 Å². The van der Waals surface area contributed by atoms with Crippen molar-refractivity contribution in [1.29, 1.82) is 0 Å². The topological polar surface area (TPSA) is 58.9 Å². The van der Waals surface area contributed by atoms with Gasteiger partial charge in [-0.05, 0) is 37.2 Å². The lowest BCUT2D eigenvalue weighted by Crippen LogP contribution is -2.52. The third-order valence-electron chi connectivity index (χ3n) is 6.40. The first-order chi connectivity index (χ1) is 12.2. The zero-order valence-corrected chi connectivity index (χ0v) is 14.9. The maximum atomic E-state index is 11.0. The molecule has 1 heterocycles. The number of nitro benzene ring substituents is 1. The smallest absolute Gasteiger partial charge is 0.269 e. The fraction of sp³-hybridized carbons (Fsp3) is 0.684. The average Bonchev–Trinajstić information content (AvgIpc) is 3.25. The van der Waals surface area contributed by atoms with Crippen molar-refractivity contribution in [1.82, 2.24) is 4.90 Å². The Kier molecular flexibility index (Phi) is 4.65. The minimum atomic E-state index is -0.337. The van der Waals surface area contributed by atoms with Crippen molar-refractivity contribution in [3.8, 4) is 0 Å². The molecule has 0 aromatic heterocycles. The van der Waals surface area contributed by atoms with Gasteiger partial charge in [0, 0.05) is 62.7 Å². The van der Waals surface area contributed by atoms with Crippen molar-refractivity contribution in [3.05, 3.63) is 33.9 Å². The average molecular weight is 345 g/mol. The van der Waals surface area contributed by atoms with Crippen molar-refractivity contribution in [2.75, 3.05) is 38.2 Å². The van der Waals surface area contributed by atoms with Crippen LogP contribution in [0.25, 0.3) is 0 Å². The van der Waals surface area contributed by atoms with Crippen LogP contribution in [0.1, 0.15) is 31.2 Å². The van der Waals surface area contributed by atoms with Crippen LogP contribution in [0.4, 0.5) is 11.4 Å². The summed E-state index contributed by atoms with van der Waals surface area (Å²) in [5.74, 6) is 1.91. The molecule has 0 spiro atoms. The molecule has 1 aliphatic heterocycles. The van der Waals surface area contributed by atoms with Gasteiger partial charge in [-0.3, -0.25) is 15.0 Å². The van der Waals surface area contributed by atoms with Gasteiger partial charge in [0.1, 0.15) is 0 Å². The third-order valence-corrected chi connectivity index (χ3v) is 6.40. The molecule has 0 amide bonds. The maximum absolute atomic E-state index is 11.0. The van der Waals surface area contributed by atoms with Crippen LogP contribution in [-0.2, 0) is 11.3 Å². The molecule has 6 nitrogen and oxygen atoms in total. The molecule has 1 aromatic rings. The summed E-state index contributed by atoms with van der Waals surface area (Å²) in [6, 6.07) is 5.95. The highest BCUT2D eigenvalue weighted by Gasteiger charge is 2.42. The van der Waals surface area contributed by atoms with Crippen molar-refractivity contribution >= 4 is 11.4 Å². The largest absolute Gasteiger partial charge is 0.380 e. The summed E-state index contributed by atoms with van der Waals surface area (Å²) in [5.41, 5.74) is 2.13. The number of hydrogen-bond donors (Lipinski definition) is 0. The summed E-state index contributed by atoms with van der Waals surface area (Å²) in [5, 5.41) is 11.0. The number of ether oxygens (including phenoxy) is 1. The van der Waals surface area contributed by atoms with E-state index < -0.39 is 0 Å². The van der Waals surface area contributed by atoms with Gasteiger partial charge in [0.15, 0.2) is 0 Å². The maximum Gasteiger partial charge on any atom is 0.269 e. The van der Waals surface area contributed by atoms with Gasteiger partial charge < -0.3 is 9.64 Å². The van der Waals surface area contributed by atoms with Crippen LogP contribution in [0.3, 0.4) is 0 Å². The SMILES string of the molecule is COCc1cc([N+](=O)[O-])ccc1N1CCN(C2CC3CCC2C3)CC1. The molecule has 0 N–H and O–H groups in total. The van der Waals surface area contributed by atoms with Crippen LogP contribution in [0.2, 0.25) is 0 Å². The fourth-order valence-corrected chi connectivity index (χ4v) is 5.22. The quantitative estimate of drug-likeness (QED) is 0.606. The van der Waals surface area contributed by atoms with Gasteiger partial charge in [-0.15, -0.1) is 0 Å². The Morgan fingerprint density at radius 3 is 2.60 bits per heavy atom. The summed E-state index contributed by atoms with van der Waals surface area (Å²) in [4.78, 5) is 15.8. The Bertz CT molecular complexity index is 643. The zero-order valence-electron chi connectivity index (χ0n) is 14.9. The van der Waals surface area contributed by atoms with Crippen LogP contribution in [0, 0.1) is 22.0 Å². The molecule has 4 rings (SSSR count). The molecule has 6 heteroatoms. The van der Waals surface area contributed by atoms with E-state index in [0.29, 0.717) is 6.61 Å². The van der Waals surface area contributed by atoms with E-state index in [0.717, 1.165) is 55.3 Å². The molecule has 2 aliphatic carbocycles. The van der Waals surface area contributed by atoms with Gasteiger partial charge >= 0.3 is 0 Å². The summed E-state index contributed by atoms with van der Waals surface area (Å²) >= 11 is 0. The van der Waals surface area contributed by atoms with E-state index >= 15 is 0 Å². The molecular weight excluding hydrogens is 318 g/mol. The molecule has 2 saturated carbocycles. The minimum Gasteiger partial charge on any atom is -0.380 e. The highest BCUT2D eigenvalue weighted by atomic mass is 16.6. The Hall–Kier alpha value is -1.66. The van der Waals surface area contributed by atoms with Crippen LogP contribution in [0.5, 0.6) is 0 Å². The molecular formula is C19H27N3O3. The first-order valence-electron chi connectivity index (χ1n) is 9.41. The second-order valence-electron chi connectivity index (χ2n) is 7.77. The van der Waals surface area contributed by atoms with Gasteiger partial charge in [0.25, 0.3) is 5.69 Å². The minimum absolute atomic E-state index is 0.136. The monoisotopic (exact) mass is 345 g/mol. The van der Waals surface area contributed by atoms with E-state index in [9.17, 15) is 10.1 Å². The van der Waals surface area contributed by atoms with Crippen molar-refractivity contribution in [2.24, 2.45) is 11.8 Å². The molecule has 0 radical (unpaired) electrons. The number of piperazine rings is 1. The lowest BCUT2D eigenvalue weighted by molar-refractivity contribution is -0.384. The van der Waals surface area contributed by atoms with E-state index in [1.807, 2.05) is 6.07 Å². The molecule has 1 aromatic carbocycles. The molecule has 1 saturated heterocycles. The van der Waals surface area contributed by atoms with E-state index in [-0.39, 0.29) is 10.6 Å². The summed E-state index contributed by atoms with van der Waals surface area (Å²) in [6.45, 7) is 4.57. The van der Waals surface area contributed by atoms with Crippen LogP contribution >= 0.6 is 0 Å². The molecule has 25 heavy (non-hydrogen) atoms. The lowest BCUT2D eigenvalue weighted by atomic mass is 9.93. The van der Waals surface area contributed by atoms with E-state index in [1.54, 1.807) is 19.2 Å². The number of fused-ring (bicyclic) bond motifs is 2. The number of benzene rings is 1. The summed E-state index contributed by atoms with van der Waals surface area (Å²) in [7, 11) is 1.63.